The SMILES string of the molecule is C[C@H](c1cccc(S(N)(=O)=O)c1)N(C)CC#N. The van der Waals surface area contributed by atoms with Crippen LogP contribution >= 0.6 is 0 Å². The molecule has 0 radical (unpaired) electrons. The van der Waals surface area contributed by atoms with Crippen molar-refractivity contribution >= 4 is 10.0 Å². The molecule has 0 heterocycles. The highest BCUT2D eigenvalue weighted by Crippen LogP contribution is 2.20. The number of primary sulfonamides is 1. The Morgan fingerprint density at radius 3 is 2.71 bits per heavy atom. The van der Waals surface area contributed by atoms with E-state index in [-0.39, 0.29) is 17.5 Å². The monoisotopic (exact) mass is 253 g/mol. The molecule has 1 rings (SSSR count). The molecular weight excluding hydrogens is 238 g/mol. The van der Waals surface area contributed by atoms with Gasteiger partial charge in [-0.05, 0) is 31.7 Å². The zero-order chi connectivity index (χ0) is 13.1. The molecule has 0 saturated heterocycles. The van der Waals surface area contributed by atoms with E-state index in [0.29, 0.717) is 0 Å². The third kappa shape index (κ3) is 3.53. The van der Waals surface area contributed by atoms with E-state index in [1.807, 2.05) is 24.0 Å². The Labute approximate surface area is 102 Å². The molecule has 2 N–H and O–H groups in total. The molecular formula is C11H15N3O2S. The quantitative estimate of drug-likeness (QED) is 0.806. The van der Waals surface area contributed by atoms with Gasteiger partial charge < -0.3 is 0 Å². The molecule has 0 aliphatic heterocycles. The molecule has 0 aliphatic rings. The zero-order valence-electron chi connectivity index (χ0n) is 9.79. The minimum Gasteiger partial charge on any atom is -0.287 e. The van der Waals surface area contributed by atoms with Crippen LogP contribution in [0.3, 0.4) is 0 Å². The van der Waals surface area contributed by atoms with Gasteiger partial charge in [0.2, 0.25) is 10.0 Å². The first kappa shape index (κ1) is 13.6. The van der Waals surface area contributed by atoms with Crippen molar-refractivity contribution in [3.63, 3.8) is 0 Å². The second-order valence-corrected chi connectivity index (χ2v) is 5.43. The Morgan fingerprint density at radius 1 is 1.53 bits per heavy atom. The van der Waals surface area contributed by atoms with E-state index in [9.17, 15) is 8.42 Å². The van der Waals surface area contributed by atoms with Crippen LogP contribution in [-0.2, 0) is 10.0 Å². The van der Waals surface area contributed by atoms with Crippen LogP contribution < -0.4 is 5.14 Å². The molecule has 6 heteroatoms. The first-order chi connectivity index (χ1) is 7.86. The molecule has 0 aliphatic carbocycles. The second kappa shape index (κ2) is 5.27. The fourth-order valence-electron chi connectivity index (χ4n) is 1.45. The Hall–Kier alpha value is -1.42. The molecule has 0 fully saturated rings. The van der Waals surface area contributed by atoms with E-state index in [1.54, 1.807) is 13.1 Å². The maximum Gasteiger partial charge on any atom is 0.238 e. The van der Waals surface area contributed by atoms with Gasteiger partial charge in [0.15, 0.2) is 0 Å². The predicted octanol–water partition coefficient (Wildman–Crippen LogP) is 0.850. The summed E-state index contributed by atoms with van der Waals surface area (Å²) in [5.41, 5.74) is 0.814. The van der Waals surface area contributed by atoms with Crippen LogP contribution in [0.4, 0.5) is 0 Å². The summed E-state index contributed by atoms with van der Waals surface area (Å²) < 4.78 is 22.4. The van der Waals surface area contributed by atoms with Gasteiger partial charge in [0.1, 0.15) is 0 Å². The molecule has 1 aromatic carbocycles. The summed E-state index contributed by atoms with van der Waals surface area (Å²) in [5.74, 6) is 0. The minimum atomic E-state index is -3.68. The normalized spacial score (nSPS) is 13.4. The second-order valence-electron chi connectivity index (χ2n) is 3.87. The predicted molar refractivity (Wildman–Crippen MR) is 64.5 cm³/mol. The molecule has 1 aromatic rings. The average molecular weight is 253 g/mol. The highest BCUT2D eigenvalue weighted by atomic mass is 32.2. The number of rotatable bonds is 4. The number of nitrogens with zero attached hydrogens (tertiary/aromatic N) is 2. The minimum absolute atomic E-state index is 0.0450. The van der Waals surface area contributed by atoms with Crippen LogP contribution in [0, 0.1) is 11.3 Å². The Balaban J connectivity index is 3.05. The maximum atomic E-state index is 11.2. The maximum absolute atomic E-state index is 11.2. The van der Waals surface area contributed by atoms with Gasteiger partial charge in [-0.3, -0.25) is 4.90 Å². The van der Waals surface area contributed by atoms with Crippen molar-refractivity contribution in [3.05, 3.63) is 29.8 Å². The van der Waals surface area contributed by atoms with E-state index in [1.165, 1.54) is 12.1 Å². The fourth-order valence-corrected chi connectivity index (χ4v) is 2.02. The molecule has 17 heavy (non-hydrogen) atoms. The van der Waals surface area contributed by atoms with Gasteiger partial charge in [-0.2, -0.15) is 5.26 Å². The van der Waals surface area contributed by atoms with E-state index in [0.717, 1.165) is 5.56 Å². The number of hydrogen-bond acceptors (Lipinski definition) is 4. The summed E-state index contributed by atoms with van der Waals surface area (Å²) in [7, 11) is -1.88. The van der Waals surface area contributed by atoms with Crippen molar-refractivity contribution in [1.29, 1.82) is 5.26 Å². The summed E-state index contributed by atoms with van der Waals surface area (Å²) in [6, 6.07) is 8.45. The van der Waals surface area contributed by atoms with Gasteiger partial charge in [-0.1, -0.05) is 12.1 Å². The molecule has 1 atom stereocenters. The third-order valence-corrected chi connectivity index (χ3v) is 3.56. The van der Waals surface area contributed by atoms with Crippen LogP contribution in [0.5, 0.6) is 0 Å². The van der Waals surface area contributed by atoms with Crippen molar-refractivity contribution in [3.8, 4) is 6.07 Å². The molecule has 0 spiro atoms. The van der Waals surface area contributed by atoms with Crippen molar-refractivity contribution in [1.82, 2.24) is 4.90 Å². The standard InChI is InChI=1S/C11H15N3O2S/c1-9(14(2)7-6-12)10-4-3-5-11(8-10)17(13,15)16/h3-5,8-9H,7H2,1-2H3,(H2,13,15,16)/t9-/m1/s1. The lowest BCUT2D eigenvalue weighted by molar-refractivity contribution is 0.292. The molecule has 92 valence electrons. The van der Waals surface area contributed by atoms with Crippen molar-refractivity contribution in [2.75, 3.05) is 13.6 Å². The molecule has 0 aromatic heterocycles. The van der Waals surface area contributed by atoms with Gasteiger partial charge in [-0.15, -0.1) is 0 Å². The highest BCUT2D eigenvalue weighted by molar-refractivity contribution is 7.89. The van der Waals surface area contributed by atoms with E-state index >= 15 is 0 Å². The first-order valence-electron chi connectivity index (χ1n) is 5.06. The van der Waals surface area contributed by atoms with Crippen molar-refractivity contribution < 1.29 is 8.42 Å². The molecule has 0 unspecified atom stereocenters. The fraction of sp³-hybridized carbons (Fsp3) is 0.364. The molecule has 0 saturated carbocycles. The lowest BCUT2D eigenvalue weighted by Crippen LogP contribution is -2.23. The number of sulfonamides is 1. The largest absolute Gasteiger partial charge is 0.287 e. The smallest absolute Gasteiger partial charge is 0.238 e. The van der Waals surface area contributed by atoms with Crippen LogP contribution in [0.15, 0.2) is 29.2 Å². The topological polar surface area (TPSA) is 87.2 Å². The van der Waals surface area contributed by atoms with Gasteiger partial charge >= 0.3 is 0 Å². The highest BCUT2D eigenvalue weighted by Gasteiger charge is 2.14. The molecule has 0 bridgehead atoms. The summed E-state index contributed by atoms with van der Waals surface area (Å²) >= 11 is 0. The molecule has 0 amide bonds. The summed E-state index contributed by atoms with van der Waals surface area (Å²) in [6.45, 7) is 2.18. The first-order valence-corrected chi connectivity index (χ1v) is 6.61. The van der Waals surface area contributed by atoms with Crippen molar-refractivity contribution in [2.45, 2.75) is 17.9 Å². The van der Waals surface area contributed by atoms with Crippen LogP contribution in [0.1, 0.15) is 18.5 Å². The van der Waals surface area contributed by atoms with Crippen LogP contribution in [0.25, 0.3) is 0 Å². The number of nitriles is 1. The Morgan fingerprint density at radius 2 is 2.18 bits per heavy atom. The summed E-state index contributed by atoms with van der Waals surface area (Å²) in [5, 5.41) is 13.7. The number of nitrogens with two attached hydrogens (primary N) is 1. The lowest BCUT2D eigenvalue weighted by Gasteiger charge is -2.22. The van der Waals surface area contributed by atoms with Gasteiger partial charge in [0, 0.05) is 6.04 Å². The summed E-state index contributed by atoms with van der Waals surface area (Å²) in [4.78, 5) is 1.91. The number of benzene rings is 1. The van der Waals surface area contributed by atoms with Gasteiger partial charge in [0.25, 0.3) is 0 Å². The Bertz CT molecular complexity index is 534. The van der Waals surface area contributed by atoms with Gasteiger partial charge in [-0.25, -0.2) is 13.6 Å². The zero-order valence-corrected chi connectivity index (χ0v) is 10.6. The van der Waals surface area contributed by atoms with E-state index in [4.69, 9.17) is 10.4 Å². The van der Waals surface area contributed by atoms with Crippen LogP contribution in [0.2, 0.25) is 0 Å². The van der Waals surface area contributed by atoms with Crippen LogP contribution in [-0.4, -0.2) is 26.9 Å². The van der Waals surface area contributed by atoms with Gasteiger partial charge in [0.05, 0.1) is 17.5 Å². The third-order valence-electron chi connectivity index (χ3n) is 2.65. The average Bonchev–Trinajstić information content (AvgIpc) is 2.27. The van der Waals surface area contributed by atoms with E-state index < -0.39 is 10.0 Å². The number of hydrogen-bond donors (Lipinski definition) is 1. The van der Waals surface area contributed by atoms with E-state index in [2.05, 4.69) is 0 Å². The lowest BCUT2D eigenvalue weighted by atomic mass is 10.1. The summed E-state index contributed by atoms with van der Waals surface area (Å²) in [6.07, 6.45) is 0. The Kier molecular flexibility index (Phi) is 4.23. The van der Waals surface area contributed by atoms with Crippen molar-refractivity contribution in [2.24, 2.45) is 5.14 Å². The molecule has 5 nitrogen and oxygen atoms in total.